The maximum absolute atomic E-state index is 11.6. The second-order valence-corrected chi connectivity index (χ2v) is 7.17. The van der Waals surface area contributed by atoms with E-state index in [2.05, 4.69) is 6.92 Å². The van der Waals surface area contributed by atoms with Gasteiger partial charge in [-0.05, 0) is 61.7 Å². The van der Waals surface area contributed by atoms with E-state index in [9.17, 15) is 4.79 Å². The molecule has 1 heteroatoms. The van der Waals surface area contributed by atoms with Crippen molar-refractivity contribution in [1.82, 2.24) is 0 Å². The van der Waals surface area contributed by atoms with Gasteiger partial charge in [-0.2, -0.15) is 0 Å². The van der Waals surface area contributed by atoms with Crippen LogP contribution in [-0.4, -0.2) is 5.78 Å². The normalized spacial score (nSPS) is 44.3. The summed E-state index contributed by atoms with van der Waals surface area (Å²) in [6.07, 6.45) is 13.1. The summed E-state index contributed by atoms with van der Waals surface area (Å²) < 4.78 is 0. The van der Waals surface area contributed by atoms with Gasteiger partial charge in [0.25, 0.3) is 0 Å². The van der Waals surface area contributed by atoms with E-state index >= 15 is 0 Å². The van der Waals surface area contributed by atoms with Gasteiger partial charge in [-0.1, -0.05) is 26.2 Å². The zero-order chi connectivity index (χ0) is 12.5. The van der Waals surface area contributed by atoms with Gasteiger partial charge >= 0.3 is 0 Å². The van der Waals surface area contributed by atoms with Crippen LogP contribution in [0.1, 0.15) is 71.1 Å². The number of hydrogen-bond acceptors (Lipinski definition) is 1. The lowest BCUT2D eigenvalue weighted by molar-refractivity contribution is -0.125. The molecule has 18 heavy (non-hydrogen) atoms. The molecular weight excluding hydrogens is 220 g/mol. The molecule has 0 aromatic heterocycles. The topological polar surface area (TPSA) is 17.1 Å². The summed E-state index contributed by atoms with van der Waals surface area (Å²) in [4.78, 5) is 11.6. The van der Waals surface area contributed by atoms with Crippen LogP contribution in [0.4, 0.5) is 0 Å². The van der Waals surface area contributed by atoms with Crippen molar-refractivity contribution in [2.45, 2.75) is 71.1 Å². The smallest absolute Gasteiger partial charge is 0.133 e. The molecule has 3 rings (SSSR count). The second-order valence-electron chi connectivity index (χ2n) is 7.17. The summed E-state index contributed by atoms with van der Waals surface area (Å²) in [6.45, 7) is 2.33. The van der Waals surface area contributed by atoms with Gasteiger partial charge in [-0.3, -0.25) is 4.79 Å². The maximum atomic E-state index is 11.6. The number of rotatable bonds is 2. The van der Waals surface area contributed by atoms with Crippen LogP contribution in [-0.2, 0) is 4.79 Å². The van der Waals surface area contributed by atoms with Crippen LogP contribution >= 0.6 is 0 Å². The van der Waals surface area contributed by atoms with Gasteiger partial charge in [0.15, 0.2) is 0 Å². The van der Waals surface area contributed by atoms with Gasteiger partial charge in [-0.25, -0.2) is 0 Å². The Morgan fingerprint density at radius 3 is 2.61 bits per heavy atom. The minimum Gasteiger partial charge on any atom is -0.300 e. The van der Waals surface area contributed by atoms with Crippen molar-refractivity contribution in [1.29, 1.82) is 0 Å². The van der Waals surface area contributed by atoms with Gasteiger partial charge in [0.1, 0.15) is 5.78 Å². The summed E-state index contributed by atoms with van der Waals surface area (Å²) in [6, 6.07) is 0. The first-order valence-corrected chi connectivity index (χ1v) is 8.29. The van der Waals surface area contributed by atoms with Crippen LogP contribution in [0.25, 0.3) is 0 Å². The fraction of sp³-hybridized carbons (Fsp3) is 0.941. The SMILES string of the molecule is CCCC1CC[C@H]2[C@@H](CC[C@@H]3CC(=O)CC[C@H]32)C1. The first kappa shape index (κ1) is 12.7. The van der Waals surface area contributed by atoms with Crippen molar-refractivity contribution in [2.75, 3.05) is 0 Å². The third-order valence-electron chi connectivity index (χ3n) is 6.16. The van der Waals surface area contributed by atoms with Crippen LogP contribution in [0.15, 0.2) is 0 Å². The van der Waals surface area contributed by atoms with E-state index in [0.29, 0.717) is 5.78 Å². The Labute approximate surface area is 112 Å². The van der Waals surface area contributed by atoms with Crippen LogP contribution in [0, 0.1) is 29.6 Å². The van der Waals surface area contributed by atoms with Gasteiger partial charge < -0.3 is 0 Å². The molecule has 3 saturated carbocycles. The summed E-state index contributed by atoms with van der Waals surface area (Å²) in [5.41, 5.74) is 0. The molecule has 0 amide bonds. The van der Waals surface area contributed by atoms with Crippen LogP contribution < -0.4 is 0 Å². The molecule has 0 N–H and O–H groups in total. The highest BCUT2D eigenvalue weighted by Gasteiger charge is 2.43. The van der Waals surface area contributed by atoms with Gasteiger partial charge in [0.05, 0.1) is 0 Å². The van der Waals surface area contributed by atoms with Crippen LogP contribution in [0.5, 0.6) is 0 Å². The fourth-order valence-corrected chi connectivity index (χ4v) is 5.37. The molecule has 0 aromatic carbocycles. The molecule has 3 aliphatic carbocycles. The Morgan fingerprint density at radius 1 is 1.00 bits per heavy atom. The van der Waals surface area contributed by atoms with E-state index in [1.165, 1.54) is 51.4 Å². The minimum atomic E-state index is 0.550. The van der Waals surface area contributed by atoms with E-state index in [1.807, 2.05) is 0 Å². The van der Waals surface area contributed by atoms with E-state index < -0.39 is 0 Å². The summed E-state index contributed by atoms with van der Waals surface area (Å²) >= 11 is 0. The summed E-state index contributed by atoms with van der Waals surface area (Å²) in [5.74, 6) is 5.28. The molecule has 3 aliphatic rings. The van der Waals surface area contributed by atoms with Gasteiger partial charge in [-0.15, -0.1) is 0 Å². The highest BCUT2D eigenvalue weighted by Crippen LogP contribution is 2.52. The largest absolute Gasteiger partial charge is 0.300 e. The molecule has 102 valence electrons. The Morgan fingerprint density at radius 2 is 1.78 bits per heavy atom. The molecular formula is C17H28O. The minimum absolute atomic E-state index is 0.550. The summed E-state index contributed by atoms with van der Waals surface area (Å²) in [5, 5.41) is 0. The van der Waals surface area contributed by atoms with E-state index in [-0.39, 0.29) is 0 Å². The van der Waals surface area contributed by atoms with Gasteiger partial charge in [0.2, 0.25) is 0 Å². The number of carbonyl (C=O) groups excluding carboxylic acids is 1. The van der Waals surface area contributed by atoms with Crippen LogP contribution in [0.3, 0.4) is 0 Å². The van der Waals surface area contributed by atoms with Crippen molar-refractivity contribution in [3.8, 4) is 0 Å². The number of fused-ring (bicyclic) bond motifs is 3. The van der Waals surface area contributed by atoms with Crippen molar-refractivity contribution < 1.29 is 4.79 Å². The van der Waals surface area contributed by atoms with Crippen molar-refractivity contribution >= 4 is 5.78 Å². The molecule has 0 heterocycles. The summed E-state index contributed by atoms with van der Waals surface area (Å²) in [7, 11) is 0. The molecule has 0 aromatic rings. The lowest BCUT2D eigenvalue weighted by Crippen LogP contribution is -2.41. The van der Waals surface area contributed by atoms with Crippen molar-refractivity contribution in [3.05, 3.63) is 0 Å². The maximum Gasteiger partial charge on any atom is 0.133 e. The molecule has 1 nitrogen and oxygen atoms in total. The molecule has 3 fully saturated rings. The molecule has 5 atom stereocenters. The number of hydrogen-bond donors (Lipinski definition) is 0. The first-order chi connectivity index (χ1) is 8.78. The zero-order valence-electron chi connectivity index (χ0n) is 11.9. The first-order valence-electron chi connectivity index (χ1n) is 8.29. The molecule has 1 unspecified atom stereocenters. The quantitative estimate of drug-likeness (QED) is 0.698. The lowest BCUT2D eigenvalue weighted by Gasteiger charge is -2.49. The average molecular weight is 248 g/mol. The molecule has 0 aliphatic heterocycles. The highest BCUT2D eigenvalue weighted by atomic mass is 16.1. The third-order valence-corrected chi connectivity index (χ3v) is 6.16. The second kappa shape index (κ2) is 5.35. The van der Waals surface area contributed by atoms with E-state index in [4.69, 9.17) is 0 Å². The predicted molar refractivity (Wildman–Crippen MR) is 74.3 cm³/mol. The Bertz CT molecular complexity index is 309. The fourth-order valence-electron chi connectivity index (χ4n) is 5.37. The van der Waals surface area contributed by atoms with Crippen molar-refractivity contribution in [3.63, 3.8) is 0 Å². The molecule has 0 bridgehead atoms. The monoisotopic (exact) mass is 248 g/mol. The Kier molecular flexibility index (Phi) is 3.77. The zero-order valence-corrected chi connectivity index (χ0v) is 11.9. The Balaban J connectivity index is 1.64. The number of ketones is 1. The Hall–Kier alpha value is -0.330. The van der Waals surface area contributed by atoms with Gasteiger partial charge in [0, 0.05) is 12.8 Å². The number of Topliss-reactive ketones (excluding diaryl/α,β-unsaturated/α-hetero) is 1. The molecule has 0 radical (unpaired) electrons. The number of carbonyl (C=O) groups is 1. The van der Waals surface area contributed by atoms with Crippen LogP contribution in [0.2, 0.25) is 0 Å². The molecule has 0 spiro atoms. The standard InChI is InChI=1S/C17H28O/c1-2-3-12-4-8-16-13(10-12)5-6-14-11-15(18)7-9-17(14)16/h12-14,16-17H,2-11H2,1H3/t12?,13-,14+,16-,17+/m0/s1. The van der Waals surface area contributed by atoms with E-state index in [1.54, 1.807) is 0 Å². The average Bonchev–Trinajstić information content (AvgIpc) is 2.38. The lowest BCUT2D eigenvalue weighted by atomic mass is 9.56. The van der Waals surface area contributed by atoms with Crippen molar-refractivity contribution in [2.24, 2.45) is 29.6 Å². The third kappa shape index (κ3) is 2.38. The highest BCUT2D eigenvalue weighted by molar-refractivity contribution is 5.79. The van der Waals surface area contributed by atoms with E-state index in [0.717, 1.165) is 42.4 Å². The molecule has 0 saturated heterocycles. The predicted octanol–water partition coefficient (Wildman–Crippen LogP) is 4.60.